The Hall–Kier alpha value is -3.23. The largest absolute Gasteiger partial charge is 0.495 e. The van der Waals surface area contributed by atoms with E-state index in [1.807, 2.05) is 18.2 Å². The fraction of sp³-hybridized carbons (Fsp3) is 0.609. The molecule has 0 aliphatic carbocycles. The van der Waals surface area contributed by atoms with E-state index < -0.39 is 51.1 Å². The molecule has 15 nitrogen and oxygen atoms in total. The molecule has 3 aromatic carbocycles. The molecule has 6 atom stereocenters. The van der Waals surface area contributed by atoms with Gasteiger partial charge in [-0.2, -0.15) is 0 Å². The molecule has 0 spiro atoms. The normalized spacial score (nSPS) is 16.5. The molecule has 0 saturated carbocycles. The highest BCUT2D eigenvalue weighted by Gasteiger charge is 2.46. The number of rotatable bonds is 32. The van der Waals surface area contributed by atoms with Crippen LogP contribution in [0.3, 0.4) is 0 Å². The highest BCUT2D eigenvalue weighted by Crippen LogP contribution is 2.37. The first-order valence-electron chi connectivity index (χ1n) is 23.2. The molecule has 1 heterocycles. The van der Waals surface area contributed by atoms with E-state index in [1.165, 1.54) is 0 Å². The van der Waals surface area contributed by atoms with Gasteiger partial charge in [-0.15, -0.1) is 0 Å². The molecule has 1 aliphatic heterocycles. The highest BCUT2D eigenvalue weighted by molar-refractivity contribution is 6.75. The minimum absolute atomic E-state index is 0.0589. The van der Waals surface area contributed by atoms with Crippen molar-refractivity contribution in [2.75, 3.05) is 52.7 Å². The molecule has 0 saturated heterocycles. The van der Waals surface area contributed by atoms with Gasteiger partial charge in [-0.05, 0) is 71.9 Å². The third kappa shape index (κ3) is 14.1. The van der Waals surface area contributed by atoms with Crippen molar-refractivity contribution in [1.29, 1.82) is 0 Å². The summed E-state index contributed by atoms with van der Waals surface area (Å²) in [6, 6.07) is 15.4. The Morgan fingerprint density at radius 2 is 1.28 bits per heavy atom. The third-order valence-electron chi connectivity index (χ3n) is 12.4. The lowest BCUT2D eigenvalue weighted by Crippen LogP contribution is -2.47. The number of aliphatic hydroxyl groups excluding tert-OH is 4. The molecule has 0 aromatic heterocycles. The molecule has 0 fully saturated rings. The van der Waals surface area contributed by atoms with Crippen molar-refractivity contribution in [1.82, 2.24) is 0 Å². The van der Waals surface area contributed by atoms with Gasteiger partial charge in [-0.3, -0.25) is 0 Å². The summed E-state index contributed by atoms with van der Waals surface area (Å²) in [6.45, 7) is 8.95. The van der Waals surface area contributed by atoms with Crippen LogP contribution in [0, 0.1) is 11.3 Å². The number of aliphatic hydroxyl groups is 4. The minimum atomic E-state index is -1.64. The van der Waals surface area contributed by atoms with Gasteiger partial charge in [-0.1, -0.05) is 89.8 Å². The zero-order chi connectivity index (χ0) is 46.6. The second-order valence-corrected chi connectivity index (χ2v) is 16.9. The van der Waals surface area contributed by atoms with Gasteiger partial charge in [0.2, 0.25) is 0 Å². The summed E-state index contributed by atoms with van der Waals surface area (Å²) in [5.41, 5.74) is 20.9. The SMILES string of the molecule is CCCC[C@H](C)C(N)C1OB(OB(O)c2c(OCCCO)cccc2C(O)CN)c2c(OCCC(CC)(CCCC)COB(O)c3c(OCCCO)cccc3C(O)CN)cccc21. The van der Waals surface area contributed by atoms with Crippen molar-refractivity contribution in [2.45, 2.75) is 116 Å². The van der Waals surface area contributed by atoms with Crippen LogP contribution in [0.15, 0.2) is 54.6 Å². The predicted octanol–water partition coefficient (Wildman–Crippen LogP) is 2.28. The summed E-state index contributed by atoms with van der Waals surface area (Å²) in [7, 11) is -4.20. The van der Waals surface area contributed by atoms with E-state index in [0.29, 0.717) is 59.2 Å². The first-order valence-corrected chi connectivity index (χ1v) is 23.2. The lowest BCUT2D eigenvalue weighted by Gasteiger charge is -2.34. The Bertz CT molecular complexity index is 1820. The molecule has 0 amide bonds. The summed E-state index contributed by atoms with van der Waals surface area (Å²) in [5, 5.41) is 64.0. The molecule has 0 bridgehead atoms. The van der Waals surface area contributed by atoms with Gasteiger partial charge >= 0.3 is 21.4 Å². The van der Waals surface area contributed by atoms with Crippen LogP contribution < -0.4 is 47.8 Å². The van der Waals surface area contributed by atoms with Gasteiger partial charge in [0.25, 0.3) is 0 Å². The minimum Gasteiger partial charge on any atom is -0.494 e. The summed E-state index contributed by atoms with van der Waals surface area (Å²) in [4.78, 5) is 0. The van der Waals surface area contributed by atoms with E-state index in [4.69, 9.17) is 45.3 Å². The van der Waals surface area contributed by atoms with Gasteiger partial charge in [0.1, 0.15) is 17.2 Å². The lowest BCUT2D eigenvalue weighted by molar-refractivity contribution is 0.0834. The summed E-state index contributed by atoms with van der Waals surface area (Å²) in [5.74, 6) is 1.21. The van der Waals surface area contributed by atoms with E-state index in [2.05, 4.69) is 27.7 Å². The topological polar surface area (TPSA) is 255 Å². The van der Waals surface area contributed by atoms with E-state index in [1.54, 1.807) is 36.4 Å². The second-order valence-electron chi connectivity index (χ2n) is 16.9. The Kier molecular flexibility index (Phi) is 22.9. The van der Waals surface area contributed by atoms with E-state index in [9.17, 15) is 30.5 Å². The Morgan fingerprint density at radius 3 is 1.83 bits per heavy atom. The second kappa shape index (κ2) is 27.4. The van der Waals surface area contributed by atoms with Crippen LogP contribution in [0.2, 0.25) is 0 Å². The fourth-order valence-electron chi connectivity index (χ4n) is 8.29. The monoisotopic (exact) mass is 894 g/mol. The zero-order valence-electron chi connectivity index (χ0n) is 38.4. The molecule has 3 aromatic rings. The molecular weight excluding hydrogens is 819 g/mol. The summed E-state index contributed by atoms with van der Waals surface area (Å²) in [6.07, 6.45) is 4.84. The molecule has 5 unspecified atom stereocenters. The van der Waals surface area contributed by atoms with Gasteiger partial charge in [0.15, 0.2) is 0 Å². The van der Waals surface area contributed by atoms with Crippen molar-refractivity contribution in [3.8, 4) is 17.2 Å². The summed E-state index contributed by atoms with van der Waals surface area (Å²) < 4.78 is 37.9. The van der Waals surface area contributed by atoms with Crippen LogP contribution in [-0.2, 0) is 13.9 Å². The quantitative estimate of drug-likeness (QED) is 0.0322. The molecule has 12 N–H and O–H groups in total. The molecule has 354 valence electrons. The standard InChI is InChI=1S/C46H74B3N3O12/c1-5-8-15-32(4)44(52)45-35-18-12-21-40(43(35)49(63-45)64-48(58)42-34(37(56)30-51)17-11-20-39(42)60-27-14-25-54)61-28-23-46(7-3,22-9-6-2)31-62-47(57)41-33(36(55)29-50)16-10-19-38(41)59-26-13-24-53/h10-12,16-21,32,36-37,44-45,53-58H,5-9,13-15,22-31,50-52H2,1-4H3/t32-,36?,37?,44?,45?,46?/m0/s1. The molecule has 1 aliphatic rings. The van der Waals surface area contributed by atoms with Gasteiger partial charge in [0.05, 0.1) is 38.1 Å². The maximum Gasteiger partial charge on any atom is 0.495 e. The number of unbranched alkanes of at least 4 members (excludes halogenated alkanes) is 2. The number of hydrogen-bond acceptors (Lipinski definition) is 15. The van der Waals surface area contributed by atoms with E-state index >= 15 is 0 Å². The van der Waals surface area contributed by atoms with Crippen LogP contribution in [0.1, 0.15) is 127 Å². The van der Waals surface area contributed by atoms with E-state index in [-0.39, 0.29) is 69.9 Å². The fourth-order valence-corrected chi connectivity index (χ4v) is 8.29. The van der Waals surface area contributed by atoms with Crippen molar-refractivity contribution in [2.24, 2.45) is 28.5 Å². The van der Waals surface area contributed by atoms with Crippen LogP contribution in [-0.4, -0.2) is 111 Å². The van der Waals surface area contributed by atoms with Crippen molar-refractivity contribution < 1.29 is 58.6 Å². The maximum absolute atomic E-state index is 11.9. The summed E-state index contributed by atoms with van der Waals surface area (Å²) >= 11 is 0. The van der Waals surface area contributed by atoms with Gasteiger partial charge < -0.3 is 75.8 Å². The van der Waals surface area contributed by atoms with Crippen molar-refractivity contribution in [3.05, 3.63) is 71.3 Å². The van der Waals surface area contributed by atoms with Crippen LogP contribution >= 0.6 is 0 Å². The average Bonchev–Trinajstić information content (AvgIpc) is 3.68. The lowest BCUT2D eigenvalue weighted by atomic mass is 9.68. The first kappa shape index (κ1) is 53.4. The van der Waals surface area contributed by atoms with Crippen LogP contribution in [0.4, 0.5) is 0 Å². The number of fused-ring (bicyclic) bond motifs is 1. The Labute approximate surface area is 381 Å². The molecule has 4 rings (SSSR count). The Balaban J connectivity index is 1.65. The number of hydrogen-bond donors (Lipinski definition) is 9. The van der Waals surface area contributed by atoms with Gasteiger partial charge in [0, 0.05) is 68.2 Å². The maximum atomic E-state index is 11.9. The average molecular weight is 894 g/mol. The number of nitrogens with two attached hydrogens (primary N) is 3. The molecule has 64 heavy (non-hydrogen) atoms. The predicted molar refractivity (Wildman–Crippen MR) is 252 cm³/mol. The number of ether oxygens (including phenoxy) is 3. The van der Waals surface area contributed by atoms with Crippen LogP contribution in [0.5, 0.6) is 17.2 Å². The van der Waals surface area contributed by atoms with Crippen molar-refractivity contribution >= 4 is 37.7 Å². The van der Waals surface area contributed by atoms with Gasteiger partial charge in [-0.25, -0.2) is 0 Å². The van der Waals surface area contributed by atoms with E-state index in [0.717, 1.165) is 44.1 Å². The highest BCUT2D eigenvalue weighted by atomic mass is 16.6. The molecule has 18 heteroatoms. The Morgan fingerprint density at radius 1 is 0.734 bits per heavy atom. The molecule has 0 radical (unpaired) electrons. The first-order chi connectivity index (χ1) is 30.9. The smallest absolute Gasteiger partial charge is 0.494 e. The third-order valence-corrected chi connectivity index (χ3v) is 12.4. The van der Waals surface area contributed by atoms with Crippen molar-refractivity contribution in [3.63, 3.8) is 0 Å². The number of benzene rings is 3. The zero-order valence-corrected chi connectivity index (χ0v) is 38.4. The van der Waals surface area contributed by atoms with Crippen LogP contribution in [0.25, 0.3) is 0 Å². The molecular formula is C46H74B3N3O12.